The molecule has 2 aromatic carbocycles. The molecule has 5 aliphatic rings. The summed E-state index contributed by atoms with van der Waals surface area (Å²) in [5, 5.41) is 0. The van der Waals surface area contributed by atoms with Gasteiger partial charge in [-0.05, 0) is 74.1 Å². The summed E-state index contributed by atoms with van der Waals surface area (Å²) in [6.07, 6.45) is 4.63. The second-order valence-electron chi connectivity index (χ2n) is 10.2. The van der Waals surface area contributed by atoms with E-state index in [9.17, 15) is 14.4 Å². The molecule has 0 amide bonds. The van der Waals surface area contributed by atoms with Crippen LogP contribution in [0.3, 0.4) is 0 Å². The minimum atomic E-state index is -4.73. The highest BCUT2D eigenvalue weighted by Gasteiger charge is 2.78. The molecule has 3 unspecified atom stereocenters. The minimum Gasteiger partial charge on any atom is -0.491 e. The van der Waals surface area contributed by atoms with Gasteiger partial charge in [-0.25, -0.2) is 9.45 Å². The third-order valence-corrected chi connectivity index (χ3v) is 8.89. The molecule has 3 atom stereocenters. The van der Waals surface area contributed by atoms with Gasteiger partial charge in [0.2, 0.25) is 0 Å². The van der Waals surface area contributed by atoms with Crippen molar-refractivity contribution in [2.75, 3.05) is 13.2 Å². The Bertz CT molecular complexity index is 1120. The van der Waals surface area contributed by atoms with Crippen LogP contribution in [0.4, 0.5) is 0 Å². The predicted molar refractivity (Wildman–Crippen MR) is 126 cm³/mol. The monoisotopic (exact) mass is 522 g/mol. The molecule has 10 heteroatoms. The quantitative estimate of drug-likeness (QED) is 0.218. The number of halogens is 1. The largest absolute Gasteiger partial charge is 0.524 e. The number of phosphoric acid groups is 1. The number of benzene rings is 2. The maximum atomic E-state index is 11.5. The standard InChI is InChI=1S/C25H28ClO8P/c26-23-14-17-11-19(15-23)24(20(12-17)16-23)25(34-33-24,31-10-9-30-21-6-2-1-3-7-21)18-5-4-8-22(13-18)32-35(27,28)29/h1-8,13,17,19-20H,9-12,14-16H2,(H2,27,28,29). The van der Waals surface area contributed by atoms with Crippen molar-refractivity contribution in [3.8, 4) is 11.5 Å². The van der Waals surface area contributed by atoms with Crippen LogP contribution < -0.4 is 9.26 Å². The van der Waals surface area contributed by atoms with Crippen LogP contribution in [0, 0.1) is 17.8 Å². The van der Waals surface area contributed by atoms with Gasteiger partial charge < -0.3 is 14.0 Å². The predicted octanol–water partition coefficient (Wildman–Crippen LogP) is 4.92. The molecule has 188 valence electrons. The van der Waals surface area contributed by atoms with E-state index in [1.54, 1.807) is 12.1 Å². The second-order valence-corrected chi connectivity index (χ2v) is 12.2. The summed E-state index contributed by atoms with van der Waals surface area (Å²) in [4.78, 5) is 30.4. The number of alkyl halides is 1. The first-order valence-corrected chi connectivity index (χ1v) is 13.9. The first kappa shape index (κ1) is 23.7. The molecule has 7 rings (SSSR count). The van der Waals surface area contributed by atoms with E-state index in [0.717, 1.165) is 37.9 Å². The summed E-state index contributed by atoms with van der Waals surface area (Å²) in [6.45, 7) is 0.514. The molecule has 8 nitrogen and oxygen atoms in total. The van der Waals surface area contributed by atoms with Crippen LogP contribution in [0.5, 0.6) is 11.5 Å². The fraction of sp³-hybridized carbons (Fsp3) is 0.520. The summed E-state index contributed by atoms with van der Waals surface area (Å²) >= 11 is 7.01. The Kier molecular flexibility index (Phi) is 5.73. The van der Waals surface area contributed by atoms with Crippen molar-refractivity contribution in [2.45, 2.75) is 48.4 Å². The molecule has 1 spiro atoms. The number of hydrogen-bond donors (Lipinski definition) is 2. The molecule has 0 radical (unpaired) electrons. The summed E-state index contributed by atoms with van der Waals surface area (Å²) in [5.41, 5.74) is -0.152. The van der Waals surface area contributed by atoms with Crippen molar-refractivity contribution >= 4 is 19.4 Å². The van der Waals surface area contributed by atoms with Gasteiger partial charge in [-0.3, -0.25) is 9.79 Å². The molecule has 2 aromatic rings. The zero-order valence-electron chi connectivity index (χ0n) is 19.0. The van der Waals surface area contributed by atoms with Crippen LogP contribution in [0.1, 0.15) is 37.7 Å². The third kappa shape index (κ3) is 4.00. The Morgan fingerprint density at radius 1 is 0.943 bits per heavy atom. The minimum absolute atomic E-state index is 0.0302. The molecule has 1 heterocycles. The van der Waals surface area contributed by atoms with Gasteiger partial charge in [0.1, 0.15) is 18.1 Å². The van der Waals surface area contributed by atoms with E-state index < -0.39 is 19.2 Å². The number of ether oxygens (including phenoxy) is 2. The van der Waals surface area contributed by atoms with E-state index in [2.05, 4.69) is 0 Å². The third-order valence-electron chi connectivity index (χ3n) is 7.98. The molecule has 5 fully saturated rings. The smallest absolute Gasteiger partial charge is 0.491 e. The fourth-order valence-corrected chi connectivity index (χ4v) is 7.99. The SMILES string of the molecule is O=P(O)(O)Oc1cccc(C2(OCCOc3ccccc3)OOC23C2CC4CC3CC(Cl)(C4)C2)c1. The summed E-state index contributed by atoms with van der Waals surface area (Å²) < 4.78 is 28.7. The van der Waals surface area contributed by atoms with E-state index in [4.69, 9.17) is 35.4 Å². The lowest BCUT2D eigenvalue weighted by molar-refractivity contribution is -0.647. The molecule has 1 aliphatic heterocycles. The first-order valence-electron chi connectivity index (χ1n) is 11.9. The van der Waals surface area contributed by atoms with Gasteiger partial charge in [0.05, 0.1) is 6.61 Å². The Balaban J connectivity index is 1.32. The lowest BCUT2D eigenvalue weighted by Gasteiger charge is -2.70. The van der Waals surface area contributed by atoms with Gasteiger partial charge in [-0.15, -0.1) is 11.6 Å². The number of phosphoric ester groups is 1. The summed E-state index contributed by atoms with van der Waals surface area (Å²) in [6, 6.07) is 16.0. The Labute approximate surface area is 208 Å². The van der Waals surface area contributed by atoms with Crippen molar-refractivity contribution in [1.29, 1.82) is 0 Å². The molecular weight excluding hydrogens is 495 g/mol. The van der Waals surface area contributed by atoms with Crippen LogP contribution in [0.15, 0.2) is 54.6 Å². The molecule has 0 aromatic heterocycles. The average Bonchev–Trinajstić information content (AvgIpc) is 2.77. The van der Waals surface area contributed by atoms with Crippen LogP contribution in [-0.2, 0) is 24.9 Å². The summed E-state index contributed by atoms with van der Waals surface area (Å²) in [5.74, 6) is 0.340. The van der Waals surface area contributed by atoms with Crippen molar-refractivity contribution in [3.63, 3.8) is 0 Å². The zero-order valence-corrected chi connectivity index (χ0v) is 20.7. The van der Waals surface area contributed by atoms with E-state index >= 15 is 0 Å². The normalized spacial score (nSPS) is 37.3. The number of rotatable bonds is 8. The van der Waals surface area contributed by atoms with E-state index in [1.165, 1.54) is 6.07 Å². The molecule has 4 saturated carbocycles. The first-order chi connectivity index (χ1) is 16.7. The highest BCUT2D eigenvalue weighted by molar-refractivity contribution is 7.46. The highest BCUT2D eigenvalue weighted by atomic mass is 35.5. The lowest BCUT2D eigenvalue weighted by Crippen LogP contribution is -2.78. The van der Waals surface area contributed by atoms with Crippen molar-refractivity contribution < 1.29 is 38.1 Å². The van der Waals surface area contributed by atoms with Crippen LogP contribution >= 0.6 is 19.4 Å². The van der Waals surface area contributed by atoms with Gasteiger partial charge in [0.15, 0.2) is 5.60 Å². The van der Waals surface area contributed by atoms with Crippen LogP contribution in [0.2, 0.25) is 0 Å². The van der Waals surface area contributed by atoms with Gasteiger partial charge in [0, 0.05) is 10.4 Å². The highest BCUT2D eigenvalue weighted by Crippen LogP contribution is 2.71. The van der Waals surface area contributed by atoms with Crippen LogP contribution in [-0.4, -0.2) is 33.5 Å². The number of hydrogen-bond acceptors (Lipinski definition) is 6. The Hall–Kier alpha value is -1.64. The summed E-state index contributed by atoms with van der Waals surface area (Å²) in [7, 11) is -4.73. The topological polar surface area (TPSA) is 104 Å². The van der Waals surface area contributed by atoms with E-state index in [0.29, 0.717) is 18.1 Å². The second kappa shape index (κ2) is 8.45. The molecular formula is C25H28ClO8P. The van der Waals surface area contributed by atoms with E-state index in [-0.39, 0.29) is 29.1 Å². The van der Waals surface area contributed by atoms with Gasteiger partial charge in [-0.2, -0.15) is 4.89 Å². The Morgan fingerprint density at radius 2 is 1.66 bits per heavy atom. The van der Waals surface area contributed by atoms with Gasteiger partial charge in [0.25, 0.3) is 5.79 Å². The fourth-order valence-electron chi connectivity index (χ4n) is 7.01. The lowest BCUT2D eigenvalue weighted by atomic mass is 9.46. The van der Waals surface area contributed by atoms with Crippen molar-refractivity contribution in [3.05, 3.63) is 60.2 Å². The van der Waals surface area contributed by atoms with Crippen molar-refractivity contribution in [2.24, 2.45) is 17.8 Å². The van der Waals surface area contributed by atoms with Gasteiger partial charge >= 0.3 is 7.82 Å². The maximum absolute atomic E-state index is 11.5. The van der Waals surface area contributed by atoms with Gasteiger partial charge in [-0.1, -0.05) is 30.3 Å². The number of para-hydroxylation sites is 1. The molecule has 4 aliphatic carbocycles. The van der Waals surface area contributed by atoms with Crippen molar-refractivity contribution in [1.82, 2.24) is 0 Å². The molecule has 1 saturated heterocycles. The maximum Gasteiger partial charge on any atom is 0.524 e. The zero-order chi connectivity index (χ0) is 24.3. The molecule has 2 N–H and O–H groups in total. The molecule has 35 heavy (non-hydrogen) atoms. The average molecular weight is 523 g/mol. The van der Waals surface area contributed by atoms with Crippen LogP contribution in [0.25, 0.3) is 0 Å². The molecule has 4 bridgehead atoms. The van der Waals surface area contributed by atoms with E-state index in [1.807, 2.05) is 36.4 Å². The Morgan fingerprint density at radius 3 is 2.29 bits per heavy atom.